The fourth-order valence-electron chi connectivity index (χ4n) is 3.06. The van der Waals surface area contributed by atoms with Crippen LogP contribution in [0, 0.1) is 5.92 Å². The Morgan fingerprint density at radius 3 is 1.94 bits per heavy atom. The summed E-state index contributed by atoms with van der Waals surface area (Å²) in [6.07, 6.45) is 2.11. The molecule has 0 aromatic rings. The van der Waals surface area contributed by atoms with Crippen LogP contribution in [-0.2, 0) is 24.0 Å². The molecule has 0 aliphatic heterocycles. The predicted molar refractivity (Wildman–Crippen MR) is 136 cm³/mol. The summed E-state index contributed by atoms with van der Waals surface area (Å²) >= 11 is 1.40. The van der Waals surface area contributed by atoms with Crippen molar-refractivity contribution < 1.29 is 34.2 Å². The van der Waals surface area contributed by atoms with Crippen molar-refractivity contribution in [3.63, 3.8) is 0 Å². The van der Waals surface area contributed by atoms with Crippen LogP contribution in [0.2, 0.25) is 0 Å². The van der Waals surface area contributed by atoms with Crippen LogP contribution in [0.3, 0.4) is 0 Å². The first-order chi connectivity index (χ1) is 16.8. The van der Waals surface area contributed by atoms with E-state index in [9.17, 15) is 29.1 Å². The molecule has 0 saturated heterocycles. The first kappa shape index (κ1) is 32.9. The average Bonchev–Trinajstić information content (AvgIpc) is 2.77. The molecule has 0 saturated carbocycles. The largest absolute Gasteiger partial charge is 0.481 e. The van der Waals surface area contributed by atoms with Crippen LogP contribution >= 0.6 is 11.8 Å². The number of hydrogen-bond donors (Lipinski definition) is 8. The maximum atomic E-state index is 13.0. The quantitative estimate of drug-likeness (QED) is 0.0553. The third-order valence-electron chi connectivity index (χ3n) is 4.88. The molecule has 0 radical (unpaired) electrons. The molecule has 0 aromatic heterocycles. The molecule has 206 valence electrons. The highest BCUT2D eigenvalue weighted by atomic mass is 32.2. The Bertz CT molecular complexity index is 791. The smallest absolute Gasteiger partial charge is 0.326 e. The normalized spacial score (nSPS) is 14.1. The second-order valence-electron chi connectivity index (χ2n) is 8.59. The van der Waals surface area contributed by atoms with Crippen molar-refractivity contribution in [3.05, 3.63) is 0 Å². The van der Waals surface area contributed by atoms with E-state index < -0.39 is 60.2 Å². The second kappa shape index (κ2) is 17.4. The van der Waals surface area contributed by atoms with E-state index in [1.165, 1.54) is 11.8 Å². The van der Waals surface area contributed by atoms with Gasteiger partial charge in [0.2, 0.25) is 17.7 Å². The molecule has 14 nitrogen and oxygen atoms in total. The predicted octanol–water partition coefficient (Wildman–Crippen LogP) is -1.82. The standard InChI is InChI=1S/C21H39N7O7S/c1-11(2)9-14(27-17(31)12(22)5-4-7-25-21(23)24)19(33)26-13(6-8-36-3)18(32)28-15(20(34)35)10-16(29)30/h11-15H,4-10,22H2,1-3H3,(H,26,33)(H,27,31)(H,28,32)(H,29,30)(H,34,35)(H4,23,24,25). The van der Waals surface area contributed by atoms with Gasteiger partial charge >= 0.3 is 11.9 Å². The Morgan fingerprint density at radius 2 is 1.44 bits per heavy atom. The summed E-state index contributed by atoms with van der Waals surface area (Å²) in [4.78, 5) is 64.4. The van der Waals surface area contributed by atoms with Gasteiger partial charge in [-0.25, -0.2) is 4.79 Å². The van der Waals surface area contributed by atoms with Crippen molar-refractivity contribution in [2.75, 3.05) is 18.6 Å². The van der Waals surface area contributed by atoms with Crippen LogP contribution in [0.1, 0.15) is 46.0 Å². The summed E-state index contributed by atoms with van der Waals surface area (Å²) in [5.74, 6) is -4.56. The number of carbonyl (C=O) groups excluding carboxylic acids is 3. The van der Waals surface area contributed by atoms with E-state index in [4.69, 9.17) is 22.3 Å². The second-order valence-corrected chi connectivity index (χ2v) is 9.57. The number of aliphatic imine (C=N–C) groups is 1. The molecule has 4 atom stereocenters. The summed E-state index contributed by atoms with van der Waals surface area (Å²) in [7, 11) is 0. The van der Waals surface area contributed by atoms with Gasteiger partial charge in [0.1, 0.15) is 18.1 Å². The van der Waals surface area contributed by atoms with E-state index in [1.54, 1.807) is 6.26 Å². The van der Waals surface area contributed by atoms with Crippen molar-refractivity contribution in [3.8, 4) is 0 Å². The molecule has 0 aliphatic rings. The zero-order valence-corrected chi connectivity index (χ0v) is 21.7. The highest BCUT2D eigenvalue weighted by Crippen LogP contribution is 2.09. The zero-order chi connectivity index (χ0) is 27.8. The van der Waals surface area contributed by atoms with Crippen molar-refractivity contribution >= 4 is 47.4 Å². The van der Waals surface area contributed by atoms with Gasteiger partial charge in [-0.2, -0.15) is 11.8 Å². The van der Waals surface area contributed by atoms with E-state index in [0.29, 0.717) is 18.7 Å². The van der Waals surface area contributed by atoms with Gasteiger partial charge in [0, 0.05) is 6.54 Å². The average molecular weight is 534 g/mol. The van der Waals surface area contributed by atoms with Gasteiger partial charge in [-0.1, -0.05) is 13.8 Å². The number of aliphatic carboxylic acids is 2. The Labute approximate surface area is 214 Å². The Morgan fingerprint density at radius 1 is 0.889 bits per heavy atom. The van der Waals surface area contributed by atoms with E-state index >= 15 is 0 Å². The van der Waals surface area contributed by atoms with Crippen molar-refractivity contribution in [2.45, 2.75) is 70.1 Å². The number of amides is 3. The molecule has 4 unspecified atom stereocenters. The molecular formula is C21H39N7O7S. The van der Waals surface area contributed by atoms with Crippen LogP contribution in [0.15, 0.2) is 4.99 Å². The van der Waals surface area contributed by atoms with Gasteiger partial charge in [0.05, 0.1) is 12.5 Å². The minimum atomic E-state index is -1.66. The third-order valence-corrected chi connectivity index (χ3v) is 5.53. The number of guanidine groups is 1. The molecule has 0 aliphatic carbocycles. The number of nitrogens with two attached hydrogens (primary N) is 3. The number of carboxylic acid groups (broad SMARTS) is 2. The molecule has 3 amide bonds. The van der Waals surface area contributed by atoms with E-state index in [2.05, 4.69) is 20.9 Å². The van der Waals surface area contributed by atoms with Gasteiger partial charge in [-0.05, 0) is 43.6 Å². The van der Waals surface area contributed by atoms with Gasteiger partial charge in [-0.3, -0.25) is 24.2 Å². The molecule has 0 aromatic carbocycles. The molecule has 15 heteroatoms. The van der Waals surface area contributed by atoms with Crippen molar-refractivity contribution in [2.24, 2.45) is 28.1 Å². The van der Waals surface area contributed by atoms with Crippen molar-refractivity contribution in [1.29, 1.82) is 0 Å². The first-order valence-corrected chi connectivity index (χ1v) is 12.8. The van der Waals surface area contributed by atoms with E-state index in [1.807, 2.05) is 13.8 Å². The highest BCUT2D eigenvalue weighted by Gasteiger charge is 2.31. The fourth-order valence-corrected chi connectivity index (χ4v) is 3.53. The van der Waals surface area contributed by atoms with Crippen LogP contribution in [-0.4, -0.2) is 88.6 Å². The maximum Gasteiger partial charge on any atom is 0.326 e. The lowest BCUT2D eigenvalue weighted by Crippen LogP contribution is -2.57. The van der Waals surface area contributed by atoms with Crippen molar-refractivity contribution in [1.82, 2.24) is 16.0 Å². The molecule has 0 spiro atoms. The molecule has 0 rings (SSSR count). The van der Waals surface area contributed by atoms with Gasteiger partial charge < -0.3 is 43.4 Å². The SMILES string of the molecule is CSCCC(NC(=O)C(CC(C)C)NC(=O)C(N)CCCN=C(N)N)C(=O)NC(CC(=O)O)C(=O)O. The van der Waals surface area contributed by atoms with Crippen LogP contribution in [0.25, 0.3) is 0 Å². The number of carbonyl (C=O) groups is 5. The Hall–Kier alpha value is -3.07. The van der Waals surface area contributed by atoms with Crippen LogP contribution in [0.4, 0.5) is 0 Å². The molecule has 0 fully saturated rings. The number of carboxylic acids is 2. The Kier molecular flexibility index (Phi) is 15.9. The topological polar surface area (TPSA) is 252 Å². The Balaban J connectivity index is 5.39. The fraction of sp³-hybridized carbons (Fsp3) is 0.714. The zero-order valence-electron chi connectivity index (χ0n) is 20.9. The van der Waals surface area contributed by atoms with E-state index in [0.717, 1.165) is 0 Å². The number of nitrogens with one attached hydrogen (secondary N) is 3. The van der Waals surface area contributed by atoms with Gasteiger partial charge in [0.25, 0.3) is 0 Å². The van der Waals surface area contributed by atoms with Crippen LogP contribution < -0.4 is 33.2 Å². The molecule has 11 N–H and O–H groups in total. The summed E-state index contributed by atoms with van der Waals surface area (Å²) in [6.45, 7) is 4.00. The number of thioether (sulfide) groups is 1. The summed E-state index contributed by atoms with van der Waals surface area (Å²) in [5.41, 5.74) is 16.4. The summed E-state index contributed by atoms with van der Waals surface area (Å²) in [6, 6.07) is -4.71. The summed E-state index contributed by atoms with van der Waals surface area (Å²) in [5, 5.41) is 25.4. The molecule has 0 heterocycles. The lowest BCUT2D eigenvalue weighted by atomic mass is 10.0. The number of rotatable bonds is 18. The minimum absolute atomic E-state index is 0.00423. The first-order valence-electron chi connectivity index (χ1n) is 11.4. The highest BCUT2D eigenvalue weighted by molar-refractivity contribution is 7.98. The summed E-state index contributed by atoms with van der Waals surface area (Å²) < 4.78 is 0. The molecular weight excluding hydrogens is 494 g/mol. The monoisotopic (exact) mass is 533 g/mol. The third kappa shape index (κ3) is 14.4. The number of hydrogen-bond acceptors (Lipinski definition) is 8. The lowest BCUT2D eigenvalue weighted by Gasteiger charge is -2.26. The minimum Gasteiger partial charge on any atom is -0.481 e. The van der Waals surface area contributed by atoms with Gasteiger partial charge in [0.15, 0.2) is 5.96 Å². The molecule has 0 bridgehead atoms. The van der Waals surface area contributed by atoms with Crippen LogP contribution in [0.5, 0.6) is 0 Å². The maximum absolute atomic E-state index is 13.0. The van der Waals surface area contributed by atoms with E-state index in [-0.39, 0.29) is 31.1 Å². The lowest BCUT2D eigenvalue weighted by molar-refractivity contribution is -0.147. The van der Waals surface area contributed by atoms with Gasteiger partial charge in [-0.15, -0.1) is 0 Å². The number of nitrogens with zero attached hydrogens (tertiary/aromatic N) is 1. The molecule has 36 heavy (non-hydrogen) atoms.